The van der Waals surface area contributed by atoms with Crippen LogP contribution in [-0.4, -0.2) is 37.6 Å². The SMILES string of the molecule is O=C(NC1CCN(c2ccc(F)cc2)CC1)[C@@H]1C=CCN1. The number of benzene rings is 1. The van der Waals surface area contributed by atoms with Gasteiger partial charge >= 0.3 is 0 Å². The topological polar surface area (TPSA) is 44.4 Å². The lowest BCUT2D eigenvalue weighted by Gasteiger charge is -2.34. The van der Waals surface area contributed by atoms with Gasteiger partial charge in [-0.25, -0.2) is 4.39 Å². The molecule has 1 amide bonds. The molecule has 2 heterocycles. The Morgan fingerprint density at radius 3 is 2.57 bits per heavy atom. The molecule has 0 spiro atoms. The van der Waals surface area contributed by atoms with Crippen molar-refractivity contribution in [3.8, 4) is 0 Å². The van der Waals surface area contributed by atoms with Gasteiger partial charge in [0.2, 0.25) is 5.91 Å². The van der Waals surface area contributed by atoms with Gasteiger partial charge in [-0.15, -0.1) is 0 Å². The van der Waals surface area contributed by atoms with Gasteiger partial charge in [0.05, 0.1) is 0 Å². The lowest BCUT2D eigenvalue weighted by atomic mass is 10.0. The minimum Gasteiger partial charge on any atom is -0.371 e. The first-order valence-corrected chi connectivity index (χ1v) is 7.43. The van der Waals surface area contributed by atoms with Crippen molar-refractivity contribution in [1.29, 1.82) is 0 Å². The molecule has 0 aromatic heterocycles. The number of anilines is 1. The van der Waals surface area contributed by atoms with Crippen molar-refractivity contribution in [1.82, 2.24) is 10.6 Å². The average Bonchev–Trinajstić information content (AvgIpc) is 3.03. The van der Waals surface area contributed by atoms with Crippen LogP contribution in [0.25, 0.3) is 0 Å². The van der Waals surface area contributed by atoms with Crippen LogP contribution in [0.3, 0.4) is 0 Å². The average molecular weight is 289 g/mol. The number of carbonyl (C=O) groups excluding carboxylic acids is 1. The normalized spacial score (nSPS) is 22.5. The van der Waals surface area contributed by atoms with Gasteiger partial charge in [0.1, 0.15) is 11.9 Å². The van der Waals surface area contributed by atoms with E-state index in [1.54, 1.807) is 0 Å². The molecule has 5 heteroatoms. The predicted molar refractivity (Wildman–Crippen MR) is 80.7 cm³/mol. The molecule has 0 radical (unpaired) electrons. The van der Waals surface area contributed by atoms with E-state index < -0.39 is 0 Å². The van der Waals surface area contributed by atoms with Crippen molar-refractivity contribution >= 4 is 11.6 Å². The maximum absolute atomic E-state index is 12.9. The highest BCUT2D eigenvalue weighted by molar-refractivity contribution is 5.84. The third kappa shape index (κ3) is 3.42. The third-order valence-corrected chi connectivity index (χ3v) is 4.10. The van der Waals surface area contributed by atoms with Crippen molar-refractivity contribution < 1.29 is 9.18 Å². The van der Waals surface area contributed by atoms with E-state index in [1.807, 2.05) is 24.3 Å². The first-order valence-electron chi connectivity index (χ1n) is 7.43. The van der Waals surface area contributed by atoms with Gasteiger partial charge in [0.15, 0.2) is 0 Å². The van der Waals surface area contributed by atoms with Crippen LogP contribution in [0, 0.1) is 5.82 Å². The fraction of sp³-hybridized carbons (Fsp3) is 0.438. The van der Waals surface area contributed by atoms with Crippen LogP contribution in [0.1, 0.15) is 12.8 Å². The van der Waals surface area contributed by atoms with Gasteiger partial charge in [-0.1, -0.05) is 12.2 Å². The fourth-order valence-corrected chi connectivity index (χ4v) is 2.87. The molecule has 1 aromatic rings. The maximum atomic E-state index is 12.9. The number of hydrogen-bond acceptors (Lipinski definition) is 3. The van der Waals surface area contributed by atoms with Gasteiger partial charge in [-0.05, 0) is 37.1 Å². The van der Waals surface area contributed by atoms with E-state index in [0.29, 0.717) is 0 Å². The van der Waals surface area contributed by atoms with Crippen LogP contribution in [0.5, 0.6) is 0 Å². The summed E-state index contributed by atoms with van der Waals surface area (Å²) in [6.07, 6.45) is 5.71. The number of nitrogens with one attached hydrogen (secondary N) is 2. The van der Waals surface area contributed by atoms with E-state index in [4.69, 9.17) is 0 Å². The molecule has 0 unspecified atom stereocenters. The van der Waals surface area contributed by atoms with Gasteiger partial charge < -0.3 is 10.2 Å². The Hall–Kier alpha value is -1.88. The number of piperidine rings is 1. The van der Waals surface area contributed by atoms with Crippen LogP contribution >= 0.6 is 0 Å². The smallest absolute Gasteiger partial charge is 0.241 e. The van der Waals surface area contributed by atoms with E-state index in [2.05, 4.69) is 15.5 Å². The first-order chi connectivity index (χ1) is 10.2. The second kappa shape index (κ2) is 6.26. The van der Waals surface area contributed by atoms with Gasteiger partial charge in [-0.3, -0.25) is 10.1 Å². The Bertz CT molecular complexity index is 521. The minimum atomic E-state index is -0.210. The zero-order chi connectivity index (χ0) is 14.7. The molecule has 1 fully saturated rings. The molecule has 1 aromatic carbocycles. The number of nitrogens with zero attached hydrogens (tertiary/aromatic N) is 1. The molecule has 0 saturated carbocycles. The third-order valence-electron chi connectivity index (χ3n) is 4.10. The Balaban J connectivity index is 1.49. The molecule has 2 aliphatic rings. The summed E-state index contributed by atoms with van der Waals surface area (Å²) in [5.41, 5.74) is 1.04. The number of amides is 1. The van der Waals surface area contributed by atoms with Crippen molar-refractivity contribution in [2.45, 2.75) is 24.9 Å². The van der Waals surface area contributed by atoms with Gasteiger partial charge in [-0.2, -0.15) is 0 Å². The summed E-state index contributed by atoms with van der Waals surface area (Å²) < 4.78 is 12.9. The summed E-state index contributed by atoms with van der Waals surface area (Å²) in [7, 11) is 0. The largest absolute Gasteiger partial charge is 0.371 e. The first kappa shape index (κ1) is 14.1. The molecular weight excluding hydrogens is 269 g/mol. The molecule has 112 valence electrons. The number of halogens is 1. The highest BCUT2D eigenvalue weighted by Crippen LogP contribution is 2.20. The summed E-state index contributed by atoms with van der Waals surface area (Å²) in [6, 6.07) is 6.64. The van der Waals surface area contributed by atoms with Crippen LogP contribution in [0.2, 0.25) is 0 Å². The predicted octanol–water partition coefficient (Wildman–Crippen LogP) is 1.44. The van der Waals surface area contributed by atoms with E-state index >= 15 is 0 Å². The zero-order valence-electron chi connectivity index (χ0n) is 11.9. The van der Waals surface area contributed by atoms with Crippen LogP contribution in [-0.2, 0) is 4.79 Å². The molecule has 3 rings (SSSR count). The highest BCUT2D eigenvalue weighted by Gasteiger charge is 2.24. The molecule has 0 aliphatic carbocycles. The quantitative estimate of drug-likeness (QED) is 0.828. The van der Waals surface area contributed by atoms with Crippen molar-refractivity contribution in [2.24, 2.45) is 0 Å². The molecule has 4 nitrogen and oxygen atoms in total. The Morgan fingerprint density at radius 1 is 1.24 bits per heavy atom. The summed E-state index contributed by atoms with van der Waals surface area (Å²) in [6.45, 7) is 2.52. The van der Waals surface area contributed by atoms with Crippen molar-refractivity contribution in [3.63, 3.8) is 0 Å². The molecule has 2 N–H and O–H groups in total. The molecular formula is C16H20FN3O. The van der Waals surface area contributed by atoms with Gasteiger partial charge in [0.25, 0.3) is 0 Å². The van der Waals surface area contributed by atoms with Crippen LogP contribution in [0.4, 0.5) is 10.1 Å². The summed E-state index contributed by atoms with van der Waals surface area (Å²) in [5.74, 6) is -0.151. The maximum Gasteiger partial charge on any atom is 0.241 e. The molecule has 0 bridgehead atoms. The Labute approximate surface area is 124 Å². The van der Waals surface area contributed by atoms with E-state index in [-0.39, 0.29) is 23.8 Å². The second-order valence-electron chi connectivity index (χ2n) is 5.56. The summed E-state index contributed by atoms with van der Waals surface area (Å²) >= 11 is 0. The summed E-state index contributed by atoms with van der Waals surface area (Å²) in [4.78, 5) is 14.3. The minimum absolute atomic E-state index is 0.0592. The Morgan fingerprint density at radius 2 is 1.95 bits per heavy atom. The van der Waals surface area contributed by atoms with Crippen molar-refractivity contribution in [2.75, 3.05) is 24.5 Å². The lowest BCUT2D eigenvalue weighted by Crippen LogP contribution is -2.49. The number of carbonyl (C=O) groups is 1. The van der Waals surface area contributed by atoms with E-state index in [1.165, 1.54) is 12.1 Å². The summed E-state index contributed by atoms with van der Waals surface area (Å²) in [5, 5.41) is 6.22. The fourth-order valence-electron chi connectivity index (χ4n) is 2.87. The molecule has 1 atom stereocenters. The Kier molecular flexibility index (Phi) is 4.20. The highest BCUT2D eigenvalue weighted by atomic mass is 19.1. The van der Waals surface area contributed by atoms with E-state index in [9.17, 15) is 9.18 Å². The molecule has 1 saturated heterocycles. The van der Waals surface area contributed by atoms with E-state index in [0.717, 1.165) is 38.2 Å². The number of rotatable bonds is 3. The van der Waals surface area contributed by atoms with Crippen molar-refractivity contribution in [3.05, 3.63) is 42.2 Å². The standard InChI is InChI=1S/C16H20FN3O/c17-12-3-5-14(6-4-12)20-10-7-13(8-11-20)19-16(21)15-2-1-9-18-15/h1-6,13,15,18H,7-11H2,(H,19,21)/t15-/m0/s1. The second-order valence-corrected chi connectivity index (χ2v) is 5.56. The zero-order valence-corrected chi connectivity index (χ0v) is 11.9. The van der Waals surface area contributed by atoms with Crippen LogP contribution < -0.4 is 15.5 Å². The molecule has 2 aliphatic heterocycles. The van der Waals surface area contributed by atoms with Gasteiger partial charge in [0, 0.05) is 31.4 Å². The van der Waals surface area contributed by atoms with Crippen LogP contribution in [0.15, 0.2) is 36.4 Å². The monoisotopic (exact) mass is 289 g/mol. The number of hydrogen-bond donors (Lipinski definition) is 2. The lowest BCUT2D eigenvalue weighted by molar-refractivity contribution is -0.122. The molecule has 21 heavy (non-hydrogen) atoms.